The van der Waals surface area contributed by atoms with Crippen LogP contribution >= 0.6 is 7.60 Å². The van der Waals surface area contributed by atoms with Crippen LogP contribution in [0.4, 0.5) is 0 Å². The summed E-state index contributed by atoms with van der Waals surface area (Å²) in [7, 11) is -7.17. The van der Waals surface area contributed by atoms with Gasteiger partial charge in [0.1, 0.15) is 12.3 Å². The number of rotatable bonds is 10. The van der Waals surface area contributed by atoms with Crippen LogP contribution in [-0.2, 0) is 32.7 Å². The molecule has 1 aromatic heterocycles. The number of aromatic amines is 1. The third kappa shape index (κ3) is 6.59. The molecule has 1 fully saturated rings. The summed E-state index contributed by atoms with van der Waals surface area (Å²) in [5, 5.41) is 0. The number of hydrogen-bond acceptors (Lipinski definition) is 9. The van der Waals surface area contributed by atoms with Crippen molar-refractivity contribution in [2.45, 2.75) is 52.0 Å². The van der Waals surface area contributed by atoms with Gasteiger partial charge in [-0.3, -0.25) is 23.1 Å². The Morgan fingerprint density at radius 2 is 1.90 bits per heavy atom. The third-order valence-electron chi connectivity index (χ3n) is 4.27. The highest BCUT2D eigenvalue weighted by Crippen LogP contribution is 2.49. The summed E-state index contributed by atoms with van der Waals surface area (Å²) < 4.78 is 58.7. The van der Waals surface area contributed by atoms with E-state index in [1.807, 2.05) is 0 Å². The van der Waals surface area contributed by atoms with Gasteiger partial charge in [0.2, 0.25) is 0 Å². The maximum atomic E-state index is 12.7. The van der Waals surface area contributed by atoms with E-state index in [0.717, 1.165) is 6.26 Å². The molecular formula is C16H27N2O9PS. The Balaban J connectivity index is 2.25. The van der Waals surface area contributed by atoms with E-state index < -0.39 is 47.4 Å². The van der Waals surface area contributed by atoms with Crippen molar-refractivity contribution in [1.82, 2.24) is 9.55 Å². The molecule has 1 aromatic rings. The van der Waals surface area contributed by atoms with Gasteiger partial charge in [0.15, 0.2) is 0 Å². The topological polar surface area (TPSA) is 143 Å². The lowest BCUT2D eigenvalue weighted by Gasteiger charge is -2.21. The van der Waals surface area contributed by atoms with Crippen LogP contribution < -0.4 is 11.2 Å². The van der Waals surface area contributed by atoms with E-state index in [1.54, 1.807) is 13.8 Å². The fourth-order valence-corrected chi connectivity index (χ4v) is 5.44. The molecule has 1 aliphatic rings. The molecular weight excluding hydrogens is 427 g/mol. The molecule has 1 aliphatic heterocycles. The minimum atomic E-state index is -3.80. The van der Waals surface area contributed by atoms with Crippen LogP contribution in [0.25, 0.3) is 0 Å². The van der Waals surface area contributed by atoms with Gasteiger partial charge < -0.3 is 13.8 Å². The molecule has 0 aromatic carbocycles. The molecule has 0 aliphatic carbocycles. The highest BCUT2D eigenvalue weighted by molar-refractivity contribution is 7.86. The lowest BCUT2D eigenvalue weighted by molar-refractivity contribution is -0.0176. The van der Waals surface area contributed by atoms with E-state index in [9.17, 15) is 22.6 Å². The summed E-state index contributed by atoms with van der Waals surface area (Å²) >= 11 is 0. The smallest absolute Gasteiger partial charge is 0.330 e. The number of aromatic nitrogens is 2. The summed E-state index contributed by atoms with van der Waals surface area (Å²) in [4.78, 5) is 25.9. The maximum absolute atomic E-state index is 12.7. The normalized spacial score (nSPS) is 22.8. The molecule has 0 unspecified atom stereocenters. The summed E-state index contributed by atoms with van der Waals surface area (Å²) in [6.45, 7) is 5.30. The minimum Gasteiger partial charge on any atom is -0.352 e. The van der Waals surface area contributed by atoms with Crippen LogP contribution in [0.1, 0.15) is 38.5 Å². The first-order chi connectivity index (χ1) is 13.5. The van der Waals surface area contributed by atoms with E-state index in [2.05, 4.69) is 4.98 Å². The summed E-state index contributed by atoms with van der Waals surface area (Å²) in [5.74, 6) is 0. The Morgan fingerprint density at radius 1 is 1.28 bits per heavy atom. The van der Waals surface area contributed by atoms with Crippen LogP contribution in [0.5, 0.6) is 0 Å². The Hall–Kier alpha value is -1.30. The van der Waals surface area contributed by atoms with Gasteiger partial charge in [0, 0.05) is 18.2 Å². The number of nitrogens with one attached hydrogen (secondary N) is 1. The maximum Gasteiger partial charge on any atom is 0.330 e. The first kappa shape index (κ1) is 24.0. The van der Waals surface area contributed by atoms with Crippen LogP contribution in [0.2, 0.25) is 0 Å². The fraction of sp³-hybridized carbons (Fsp3) is 0.750. The van der Waals surface area contributed by atoms with Gasteiger partial charge >= 0.3 is 13.3 Å². The average Bonchev–Trinajstić information content (AvgIpc) is 2.97. The van der Waals surface area contributed by atoms with E-state index >= 15 is 0 Å². The van der Waals surface area contributed by atoms with Gasteiger partial charge in [0.05, 0.1) is 31.7 Å². The first-order valence-electron chi connectivity index (χ1n) is 9.22. The van der Waals surface area contributed by atoms with Crippen LogP contribution in [0.3, 0.4) is 0 Å². The Morgan fingerprint density at radius 3 is 2.45 bits per heavy atom. The zero-order chi connectivity index (χ0) is 21.8. The van der Waals surface area contributed by atoms with Crippen molar-refractivity contribution in [2.24, 2.45) is 0 Å². The number of aryl methyl sites for hydroxylation is 1. The van der Waals surface area contributed by atoms with Gasteiger partial charge in [-0.05, 0) is 27.2 Å². The monoisotopic (exact) mass is 454 g/mol. The van der Waals surface area contributed by atoms with E-state index in [0.29, 0.717) is 5.56 Å². The second kappa shape index (κ2) is 9.67. The highest BCUT2D eigenvalue weighted by Gasteiger charge is 2.41. The molecule has 1 saturated heterocycles. The number of H-pyrrole nitrogens is 1. The fourth-order valence-electron chi connectivity index (χ4n) is 3.10. The molecule has 2 heterocycles. The Labute approximate surface area is 169 Å². The molecule has 0 spiro atoms. The van der Waals surface area contributed by atoms with Crippen molar-refractivity contribution >= 4 is 17.7 Å². The van der Waals surface area contributed by atoms with Gasteiger partial charge in [0.25, 0.3) is 15.7 Å². The second-order valence-electron chi connectivity index (χ2n) is 6.64. The van der Waals surface area contributed by atoms with Gasteiger partial charge in [-0.15, -0.1) is 0 Å². The zero-order valence-corrected chi connectivity index (χ0v) is 18.5. The van der Waals surface area contributed by atoms with E-state index in [1.165, 1.54) is 17.7 Å². The molecule has 11 nitrogen and oxygen atoms in total. The van der Waals surface area contributed by atoms with Crippen molar-refractivity contribution in [3.8, 4) is 0 Å². The second-order valence-corrected chi connectivity index (χ2v) is 10.4. The molecule has 0 saturated carbocycles. The molecule has 0 radical (unpaired) electrons. The molecule has 13 heteroatoms. The third-order valence-corrected chi connectivity index (χ3v) is 6.98. The molecule has 0 bridgehead atoms. The minimum absolute atomic E-state index is 0.00472. The summed E-state index contributed by atoms with van der Waals surface area (Å²) in [5.41, 5.74) is -0.896. The predicted octanol–water partition coefficient (Wildman–Crippen LogP) is 1.13. The standard InChI is InChI=1S/C16H27N2O9PS/c1-5-24-28(21,25-6-2)8-7-12-13(27-29(4,22)23)9-14(26-12)18-10-11(3)15(19)17-16(18)20/h10,12-14H,5-9H2,1-4H3,(H,17,19,20)/t12-,13-,14-/m1/s1. The zero-order valence-electron chi connectivity index (χ0n) is 16.8. The van der Waals surface area contributed by atoms with Crippen LogP contribution in [0, 0.1) is 6.92 Å². The van der Waals surface area contributed by atoms with Crippen molar-refractivity contribution in [3.63, 3.8) is 0 Å². The number of ether oxygens (including phenoxy) is 1. The quantitative estimate of drug-likeness (QED) is 0.406. The first-order valence-corrected chi connectivity index (χ1v) is 12.8. The summed E-state index contributed by atoms with van der Waals surface area (Å²) in [6.07, 6.45) is -0.0882. The highest BCUT2D eigenvalue weighted by atomic mass is 32.2. The van der Waals surface area contributed by atoms with Crippen molar-refractivity contribution < 1.29 is 31.0 Å². The molecule has 29 heavy (non-hydrogen) atoms. The molecule has 0 amide bonds. The SMILES string of the molecule is CCOP(=O)(CC[C@H]1O[C@@H](n2cc(C)c(=O)[nH]c2=O)C[C@H]1OS(C)(=O)=O)OCC. The number of nitrogens with zero attached hydrogens (tertiary/aromatic N) is 1. The van der Waals surface area contributed by atoms with Crippen molar-refractivity contribution in [2.75, 3.05) is 25.6 Å². The van der Waals surface area contributed by atoms with E-state index in [4.69, 9.17) is 18.0 Å². The lowest BCUT2D eigenvalue weighted by atomic mass is 10.1. The Bertz CT molecular complexity index is 961. The molecule has 166 valence electrons. The van der Waals surface area contributed by atoms with Crippen LogP contribution in [-0.4, -0.2) is 55.8 Å². The molecule has 3 atom stereocenters. The molecule has 1 N–H and O–H groups in total. The lowest BCUT2D eigenvalue weighted by Crippen LogP contribution is -2.33. The van der Waals surface area contributed by atoms with Gasteiger partial charge in [-0.25, -0.2) is 4.79 Å². The predicted molar refractivity (Wildman–Crippen MR) is 105 cm³/mol. The molecule has 2 rings (SSSR count). The van der Waals surface area contributed by atoms with Gasteiger partial charge in [-0.2, -0.15) is 8.42 Å². The average molecular weight is 454 g/mol. The largest absolute Gasteiger partial charge is 0.352 e. The van der Waals surface area contributed by atoms with Crippen molar-refractivity contribution in [3.05, 3.63) is 32.6 Å². The Kier molecular flexibility index (Phi) is 8.00. The summed E-state index contributed by atoms with van der Waals surface area (Å²) in [6, 6.07) is 0. The van der Waals surface area contributed by atoms with Crippen molar-refractivity contribution in [1.29, 1.82) is 0 Å². The van der Waals surface area contributed by atoms with Gasteiger partial charge in [-0.1, -0.05) is 0 Å². The van der Waals surface area contributed by atoms with E-state index in [-0.39, 0.29) is 32.2 Å². The van der Waals surface area contributed by atoms with Crippen LogP contribution in [0.15, 0.2) is 15.8 Å². The number of hydrogen-bond donors (Lipinski definition) is 1.